The summed E-state index contributed by atoms with van der Waals surface area (Å²) in [6.45, 7) is 4.29. The van der Waals surface area contributed by atoms with E-state index in [1.165, 1.54) is 18.2 Å². The minimum absolute atomic E-state index is 0.00782. The predicted octanol–water partition coefficient (Wildman–Crippen LogP) is 5.51. The largest absolute Gasteiger partial charge is 0.378 e. The molecule has 1 heterocycles. The Morgan fingerprint density at radius 3 is 2.61 bits per heavy atom. The lowest BCUT2D eigenvalue weighted by atomic mass is 9.73. The highest BCUT2D eigenvalue weighted by atomic mass is 32.2. The van der Waals surface area contributed by atoms with Crippen molar-refractivity contribution in [3.8, 4) is 6.07 Å². The summed E-state index contributed by atoms with van der Waals surface area (Å²) in [5.41, 5.74) is 4.14. The molecular formula is C25H23FN2O2S. The lowest BCUT2D eigenvalue weighted by Gasteiger charge is -2.39. The molecule has 0 radical (unpaired) electrons. The number of anilines is 1. The molecule has 0 spiro atoms. The number of nitriles is 1. The van der Waals surface area contributed by atoms with Crippen LogP contribution in [0.15, 0.2) is 71.6 Å². The number of hydrogen-bond acceptors (Lipinski definition) is 4. The first-order valence-electron chi connectivity index (χ1n) is 10.1. The van der Waals surface area contributed by atoms with Crippen molar-refractivity contribution in [1.29, 1.82) is 5.26 Å². The molecule has 1 N–H and O–H groups in total. The highest BCUT2D eigenvalue weighted by molar-refractivity contribution is 7.90. The van der Waals surface area contributed by atoms with Crippen LogP contribution in [-0.2, 0) is 21.0 Å². The van der Waals surface area contributed by atoms with E-state index in [-0.39, 0.29) is 22.1 Å². The van der Waals surface area contributed by atoms with Crippen LogP contribution in [0.5, 0.6) is 0 Å². The van der Waals surface area contributed by atoms with Crippen LogP contribution in [0, 0.1) is 17.1 Å². The van der Waals surface area contributed by atoms with Crippen molar-refractivity contribution < 1.29 is 12.8 Å². The monoisotopic (exact) mass is 434 g/mol. The van der Waals surface area contributed by atoms with Crippen LogP contribution in [-0.4, -0.2) is 8.42 Å². The topological polar surface area (TPSA) is 70.0 Å². The third kappa shape index (κ3) is 4.19. The van der Waals surface area contributed by atoms with Gasteiger partial charge in [-0.25, -0.2) is 12.8 Å². The summed E-state index contributed by atoms with van der Waals surface area (Å²) in [6, 6.07) is 20.7. The summed E-state index contributed by atoms with van der Waals surface area (Å²) in [4.78, 5) is -0.278. The third-order valence-corrected chi connectivity index (χ3v) is 7.52. The van der Waals surface area contributed by atoms with Crippen LogP contribution >= 0.6 is 0 Å². The molecule has 31 heavy (non-hydrogen) atoms. The maximum Gasteiger partial charge on any atom is 0.185 e. The molecule has 0 aromatic heterocycles. The number of fused-ring (bicyclic) bond motifs is 1. The maximum absolute atomic E-state index is 14.0. The molecule has 1 unspecified atom stereocenters. The second-order valence-electron chi connectivity index (χ2n) is 8.59. The van der Waals surface area contributed by atoms with Gasteiger partial charge in [0.2, 0.25) is 0 Å². The molecule has 1 aliphatic heterocycles. The smallest absolute Gasteiger partial charge is 0.185 e. The van der Waals surface area contributed by atoms with Crippen molar-refractivity contribution in [2.45, 2.75) is 42.4 Å². The fraction of sp³-hybridized carbons (Fsp3) is 0.240. The number of benzene rings is 3. The molecule has 0 amide bonds. The Morgan fingerprint density at radius 2 is 1.87 bits per heavy atom. The Balaban J connectivity index is 1.63. The maximum atomic E-state index is 14.0. The van der Waals surface area contributed by atoms with Crippen LogP contribution < -0.4 is 5.32 Å². The van der Waals surface area contributed by atoms with Crippen molar-refractivity contribution in [3.63, 3.8) is 0 Å². The zero-order valence-electron chi connectivity index (χ0n) is 17.4. The molecule has 1 atom stereocenters. The van der Waals surface area contributed by atoms with Crippen LogP contribution in [0.1, 0.15) is 48.6 Å². The Bertz CT molecular complexity index is 1290. The average molecular weight is 435 g/mol. The van der Waals surface area contributed by atoms with Crippen molar-refractivity contribution in [2.75, 3.05) is 5.32 Å². The van der Waals surface area contributed by atoms with E-state index in [4.69, 9.17) is 0 Å². The molecular weight excluding hydrogens is 411 g/mol. The Labute approximate surface area is 182 Å². The first-order chi connectivity index (χ1) is 14.7. The second kappa shape index (κ2) is 7.82. The second-order valence-corrected chi connectivity index (χ2v) is 10.5. The van der Waals surface area contributed by atoms with Gasteiger partial charge in [-0.3, -0.25) is 0 Å². The first-order valence-corrected chi connectivity index (χ1v) is 11.7. The van der Waals surface area contributed by atoms with E-state index < -0.39 is 15.7 Å². The zero-order chi connectivity index (χ0) is 22.2. The summed E-state index contributed by atoms with van der Waals surface area (Å²) >= 11 is 0. The van der Waals surface area contributed by atoms with Crippen molar-refractivity contribution in [2.24, 2.45) is 0 Å². The van der Waals surface area contributed by atoms with Gasteiger partial charge in [0.1, 0.15) is 10.7 Å². The predicted molar refractivity (Wildman–Crippen MR) is 119 cm³/mol. The highest BCUT2D eigenvalue weighted by Gasteiger charge is 2.33. The number of sulfone groups is 1. The van der Waals surface area contributed by atoms with Gasteiger partial charge in [0.25, 0.3) is 0 Å². The zero-order valence-corrected chi connectivity index (χ0v) is 18.2. The molecule has 4 nitrogen and oxygen atoms in total. The standard InChI is InChI=1S/C25H23FN2O2S/c1-25(2)14-23(28-22-11-10-17(15-27)13-20(22)25)19-7-5-6-18(12-19)16-31(29,30)24-9-4-3-8-21(24)26/h3-13,23,28H,14,16H2,1-2H3. The van der Waals surface area contributed by atoms with Crippen molar-refractivity contribution >= 4 is 15.5 Å². The SMILES string of the molecule is CC1(C)CC(c2cccc(CS(=O)(=O)c3ccccc3F)c2)Nc2ccc(C#N)cc21. The van der Waals surface area contributed by atoms with Gasteiger partial charge in [0.15, 0.2) is 9.84 Å². The molecule has 0 aliphatic carbocycles. The number of hydrogen-bond donors (Lipinski definition) is 1. The van der Waals surface area contributed by atoms with Gasteiger partial charge in [-0.05, 0) is 58.9 Å². The van der Waals surface area contributed by atoms with Crippen molar-refractivity contribution in [3.05, 3.63) is 94.8 Å². The summed E-state index contributed by atoms with van der Waals surface area (Å²) in [6.07, 6.45) is 0.790. The van der Waals surface area contributed by atoms with E-state index in [0.717, 1.165) is 29.3 Å². The molecule has 0 saturated carbocycles. The van der Waals surface area contributed by atoms with E-state index in [1.807, 2.05) is 30.3 Å². The normalized spacial score (nSPS) is 17.3. The van der Waals surface area contributed by atoms with Crippen LogP contribution in [0.3, 0.4) is 0 Å². The number of nitrogens with one attached hydrogen (secondary N) is 1. The molecule has 0 fully saturated rings. The van der Waals surface area contributed by atoms with Gasteiger partial charge in [0, 0.05) is 5.69 Å². The molecule has 0 saturated heterocycles. The van der Waals surface area contributed by atoms with Crippen LogP contribution in [0.4, 0.5) is 10.1 Å². The summed E-state index contributed by atoms with van der Waals surface area (Å²) in [5, 5.41) is 12.8. The fourth-order valence-electron chi connectivity index (χ4n) is 4.25. The Hall–Kier alpha value is -3.17. The summed E-state index contributed by atoms with van der Waals surface area (Å²) < 4.78 is 39.5. The molecule has 6 heteroatoms. The Kier molecular flexibility index (Phi) is 5.32. The fourth-order valence-corrected chi connectivity index (χ4v) is 5.68. The van der Waals surface area contributed by atoms with Gasteiger partial charge in [-0.1, -0.05) is 50.2 Å². The molecule has 4 rings (SSSR count). The molecule has 158 valence electrons. The quantitative estimate of drug-likeness (QED) is 0.588. The van der Waals surface area contributed by atoms with E-state index >= 15 is 0 Å². The molecule has 0 bridgehead atoms. The highest BCUT2D eigenvalue weighted by Crippen LogP contribution is 2.44. The number of halogens is 1. The third-order valence-electron chi connectivity index (χ3n) is 5.80. The minimum atomic E-state index is -3.80. The summed E-state index contributed by atoms with van der Waals surface area (Å²) in [7, 11) is -3.80. The minimum Gasteiger partial charge on any atom is -0.378 e. The average Bonchev–Trinajstić information content (AvgIpc) is 2.73. The van der Waals surface area contributed by atoms with Gasteiger partial charge in [0.05, 0.1) is 23.4 Å². The van der Waals surface area contributed by atoms with Crippen LogP contribution in [0.25, 0.3) is 0 Å². The van der Waals surface area contributed by atoms with E-state index in [1.54, 1.807) is 12.1 Å². The van der Waals surface area contributed by atoms with Gasteiger partial charge in [-0.15, -0.1) is 0 Å². The van der Waals surface area contributed by atoms with E-state index in [2.05, 4.69) is 25.2 Å². The number of rotatable bonds is 4. The molecule has 3 aromatic carbocycles. The number of nitrogens with zero attached hydrogens (tertiary/aromatic N) is 1. The first kappa shape index (κ1) is 21.1. The molecule has 1 aliphatic rings. The van der Waals surface area contributed by atoms with Gasteiger partial charge >= 0.3 is 0 Å². The Morgan fingerprint density at radius 1 is 1.10 bits per heavy atom. The lowest BCUT2D eigenvalue weighted by Crippen LogP contribution is -2.31. The van der Waals surface area contributed by atoms with Gasteiger partial charge < -0.3 is 5.32 Å². The lowest BCUT2D eigenvalue weighted by molar-refractivity contribution is 0.427. The van der Waals surface area contributed by atoms with E-state index in [9.17, 15) is 18.1 Å². The summed E-state index contributed by atoms with van der Waals surface area (Å²) in [5.74, 6) is -0.998. The van der Waals surface area contributed by atoms with E-state index in [0.29, 0.717) is 11.1 Å². The van der Waals surface area contributed by atoms with Crippen LogP contribution in [0.2, 0.25) is 0 Å². The van der Waals surface area contributed by atoms with Crippen molar-refractivity contribution in [1.82, 2.24) is 0 Å². The van der Waals surface area contributed by atoms with Gasteiger partial charge in [-0.2, -0.15) is 5.26 Å². The molecule has 3 aromatic rings.